The summed E-state index contributed by atoms with van der Waals surface area (Å²) in [5, 5.41) is 0. The third-order valence-electron chi connectivity index (χ3n) is 6.75. The van der Waals surface area contributed by atoms with Crippen molar-refractivity contribution in [3.05, 3.63) is 114 Å². The van der Waals surface area contributed by atoms with E-state index in [4.69, 9.17) is 14.2 Å². The molecule has 0 radical (unpaired) electrons. The number of nitrogens with zero attached hydrogens (tertiary/aromatic N) is 2. The smallest absolute Gasteiger partial charge is 0.416 e. The minimum Gasteiger partial charge on any atom is -0.460 e. The summed E-state index contributed by atoms with van der Waals surface area (Å²) in [5.74, 6) is -0.896. The van der Waals surface area contributed by atoms with Crippen LogP contribution in [0.1, 0.15) is 29.0 Å². The zero-order valence-electron chi connectivity index (χ0n) is 20.8. The summed E-state index contributed by atoms with van der Waals surface area (Å²) in [7, 11) is 0. The number of carbonyl (C=O) groups excluding carboxylic acids is 3. The first kappa shape index (κ1) is 25.1. The van der Waals surface area contributed by atoms with Gasteiger partial charge in [0.1, 0.15) is 32.0 Å². The molecule has 2 aliphatic heterocycles. The van der Waals surface area contributed by atoms with Crippen molar-refractivity contribution >= 4 is 23.8 Å². The Labute approximate surface area is 221 Å². The van der Waals surface area contributed by atoms with Crippen molar-refractivity contribution in [1.29, 1.82) is 0 Å². The summed E-state index contributed by atoms with van der Waals surface area (Å²) in [6.07, 6.45) is -0.389. The summed E-state index contributed by atoms with van der Waals surface area (Å²) >= 11 is 0. The summed E-state index contributed by atoms with van der Waals surface area (Å²) in [6, 6.07) is 25.1. The third kappa shape index (κ3) is 4.98. The van der Waals surface area contributed by atoms with Crippen molar-refractivity contribution in [2.24, 2.45) is 0 Å². The molecule has 38 heavy (non-hydrogen) atoms. The number of amides is 2. The first-order valence-corrected chi connectivity index (χ1v) is 12.4. The van der Waals surface area contributed by atoms with E-state index in [1.807, 2.05) is 84.9 Å². The Morgan fingerprint density at radius 2 is 1.37 bits per heavy atom. The number of rotatable bonds is 7. The maximum absolute atomic E-state index is 13.5. The van der Waals surface area contributed by atoms with E-state index in [1.165, 1.54) is 15.9 Å². The van der Waals surface area contributed by atoms with Gasteiger partial charge in [0, 0.05) is 5.92 Å². The molecule has 0 N–H and O–H groups in total. The lowest BCUT2D eigenvalue weighted by atomic mass is 9.96. The van der Waals surface area contributed by atoms with Gasteiger partial charge in [0.25, 0.3) is 0 Å². The van der Waals surface area contributed by atoms with Gasteiger partial charge >= 0.3 is 18.2 Å². The lowest BCUT2D eigenvalue weighted by Crippen LogP contribution is -2.54. The molecule has 3 aromatic carbocycles. The van der Waals surface area contributed by atoms with Crippen LogP contribution >= 0.6 is 0 Å². The fraction of sp³-hybridized carbons (Fsp3) is 0.233. The molecule has 0 aliphatic carbocycles. The number of ether oxygens (including phenoxy) is 3. The third-order valence-corrected chi connectivity index (χ3v) is 6.75. The molecular formula is C30H28N2O6. The number of benzene rings is 3. The molecule has 2 heterocycles. The quantitative estimate of drug-likeness (QED) is 0.240. The molecule has 194 valence electrons. The van der Waals surface area contributed by atoms with Gasteiger partial charge < -0.3 is 14.2 Å². The van der Waals surface area contributed by atoms with Gasteiger partial charge in [-0.05, 0) is 29.2 Å². The topological polar surface area (TPSA) is 85.4 Å². The van der Waals surface area contributed by atoms with Crippen molar-refractivity contribution in [1.82, 2.24) is 4.90 Å². The van der Waals surface area contributed by atoms with Gasteiger partial charge in [0.15, 0.2) is 0 Å². The van der Waals surface area contributed by atoms with Crippen LogP contribution in [0.25, 0.3) is 0 Å². The van der Waals surface area contributed by atoms with Crippen LogP contribution in [0.5, 0.6) is 0 Å². The fourth-order valence-corrected chi connectivity index (χ4v) is 5.08. The molecule has 2 aliphatic rings. The number of fused-ring (bicyclic) bond motifs is 3. The molecule has 0 saturated carbocycles. The highest BCUT2D eigenvalue weighted by Crippen LogP contribution is 2.50. The minimum absolute atomic E-state index is 0.0109. The number of esters is 1. The van der Waals surface area contributed by atoms with Crippen LogP contribution in [0.3, 0.4) is 0 Å². The fourth-order valence-electron chi connectivity index (χ4n) is 5.08. The minimum atomic E-state index is -0.939. The van der Waals surface area contributed by atoms with Crippen LogP contribution in [-0.4, -0.2) is 41.9 Å². The summed E-state index contributed by atoms with van der Waals surface area (Å²) < 4.78 is 16.6. The molecule has 0 spiro atoms. The van der Waals surface area contributed by atoms with Crippen molar-refractivity contribution in [2.45, 2.75) is 37.8 Å². The normalized spacial score (nSPS) is 19.3. The number of hydrogen-bond donors (Lipinski definition) is 0. The maximum Gasteiger partial charge on any atom is 0.416 e. The zero-order valence-corrected chi connectivity index (χ0v) is 20.8. The SMILES string of the molecule is C=CCOC(=O)[C@H]1C[C@H]2c3ccccc3N(C(=O)OCc3ccccc3)[C@H]2N1C(=O)OCc1ccccc1. The van der Waals surface area contributed by atoms with E-state index in [-0.39, 0.29) is 32.2 Å². The first-order valence-electron chi connectivity index (χ1n) is 12.4. The van der Waals surface area contributed by atoms with Crippen LogP contribution in [-0.2, 0) is 32.2 Å². The lowest BCUT2D eigenvalue weighted by Gasteiger charge is -2.33. The van der Waals surface area contributed by atoms with E-state index in [1.54, 1.807) is 0 Å². The van der Waals surface area contributed by atoms with E-state index in [2.05, 4.69) is 6.58 Å². The predicted molar refractivity (Wildman–Crippen MR) is 140 cm³/mol. The second kappa shape index (κ2) is 11.2. The van der Waals surface area contributed by atoms with Crippen LogP contribution < -0.4 is 4.90 Å². The molecular weight excluding hydrogens is 484 g/mol. The monoisotopic (exact) mass is 512 g/mol. The van der Waals surface area contributed by atoms with E-state index < -0.39 is 30.4 Å². The van der Waals surface area contributed by atoms with Crippen molar-refractivity contribution in [3.63, 3.8) is 0 Å². The molecule has 0 bridgehead atoms. The van der Waals surface area contributed by atoms with E-state index in [9.17, 15) is 14.4 Å². The Morgan fingerprint density at radius 1 is 0.789 bits per heavy atom. The van der Waals surface area contributed by atoms with Crippen LogP contribution in [0.4, 0.5) is 15.3 Å². The van der Waals surface area contributed by atoms with Crippen LogP contribution in [0.2, 0.25) is 0 Å². The number of hydrogen-bond acceptors (Lipinski definition) is 6. The zero-order chi connectivity index (χ0) is 26.5. The molecule has 8 nitrogen and oxygen atoms in total. The van der Waals surface area contributed by atoms with E-state index >= 15 is 0 Å². The average molecular weight is 513 g/mol. The maximum atomic E-state index is 13.5. The van der Waals surface area contributed by atoms with Crippen LogP contribution in [0, 0.1) is 0 Å². The molecule has 1 fully saturated rings. The van der Waals surface area contributed by atoms with Gasteiger partial charge in [-0.25, -0.2) is 14.4 Å². The van der Waals surface area contributed by atoms with Crippen molar-refractivity contribution < 1.29 is 28.6 Å². The highest BCUT2D eigenvalue weighted by Gasteiger charge is 2.57. The van der Waals surface area contributed by atoms with E-state index in [0.717, 1.165) is 16.7 Å². The molecule has 8 heteroatoms. The van der Waals surface area contributed by atoms with Gasteiger partial charge in [-0.1, -0.05) is 91.5 Å². The van der Waals surface area contributed by atoms with Crippen LogP contribution in [0.15, 0.2) is 97.6 Å². The molecule has 1 saturated heterocycles. The Kier molecular flexibility index (Phi) is 7.40. The number of carbonyl (C=O) groups is 3. The standard InChI is InChI=1S/C30H28N2O6/c1-2-17-36-28(33)26-18-24-23-15-9-10-16-25(23)31(29(34)37-19-21-11-5-3-6-12-21)27(24)32(26)30(35)38-20-22-13-7-4-8-14-22/h2-16,24,26-27H,1,17-20H2/t24-,26+,27-/m0/s1. The predicted octanol–water partition coefficient (Wildman–Crippen LogP) is 5.39. The second-order valence-corrected chi connectivity index (χ2v) is 9.11. The largest absolute Gasteiger partial charge is 0.460 e. The molecule has 5 rings (SSSR count). The Hall–Kier alpha value is -4.59. The Bertz CT molecular complexity index is 1310. The lowest BCUT2D eigenvalue weighted by molar-refractivity contribution is -0.147. The first-order chi connectivity index (χ1) is 18.6. The molecule has 3 atom stereocenters. The molecule has 2 amide bonds. The average Bonchev–Trinajstić information content (AvgIpc) is 3.49. The summed E-state index contributed by atoms with van der Waals surface area (Å²) in [6.45, 7) is 3.69. The summed E-state index contributed by atoms with van der Waals surface area (Å²) in [5.41, 5.74) is 3.13. The Balaban J connectivity index is 1.45. The van der Waals surface area contributed by atoms with Crippen molar-refractivity contribution in [2.75, 3.05) is 11.5 Å². The molecule has 0 unspecified atom stereocenters. The van der Waals surface area contributed by atoms with Gasteiger partial charge in [0.05, 0.1) is 5.69 Å². The van der Waals surface area contributed by atoms with Gasteiger partial charge in [-0.15, -0.1) is 0 Å². The molecule has 0 aromatic heterocycles. The van der Waals surface area contributed by atoms with Gasteiger partial charge in [-0.2, -0.15) is 0 Å². The van der Waals surface area contributed by atoms with Crippen molar-refractivity contribution in [3.8, 4) is 0 Å². The molecule has 3 aromatic rings. The van der Waals surface area contributed by atoms with Gasteiger partial charge in [-0.3, -0.25) is 9.80 Å². The van der Waals surface area contributed by atoms with E-state index in [0.29, 0.717) is 5.69 Å². The Morgan fingerprint density at radius 3 is 2.00 bits per heavy atom. The number of anilines is 1. The highest BCUT2D eigenvalue weighted by molar-refractivity contribution is 5.94. The summed E-state index contributed by atoms with van der Waals surface area (Å²) in [4.78, 5) is 42.9. The number of likely N-dealkylation sites (tertiary alicyclic amines) is 1. The number of para-hydroxylation sites is 1. The second-order valence-electron chi connectivity index (χ2n) is 9.11. The van der Waals surface area contributed by atoms with Gasteiger partial charge in [0.2, 0.25) is 0 Å². The highest BCUT2D eigenvalue weighted by atomic mass is 16.6.